The van der Waals surface area contributed by atoms with Gasteiger partial charge < -0.3 is 4.42 Å². The molecule has 0 spiro atoms. The lowest BCUT2D eigenvalue weighted by atomic mass is 10.5. The summed E-state index contributed by atoms with van der Waals surface area (Å²) in [6, 6.07) is 3.06. The molecule has 0 atom stereocenters. The molecule has 0 aliphatic heterocycles. The van der Waals surface area contributed by atoms with Crippen molar-refractivity contribution in [3.63, 3.8) is 0 Å². The molecule has 0 aliphatic carbocycles. The molecule has 0 N–H and O–H groups in total. The van der Waals surface area contributed by atoms with Crippen molar-refractivity contribution in [2.75, 3.05) is 0 Å². The highest BCUT2D eigenvalue weighted by atomic mass is 35.5. The molecule has 1 rings (SSSR count). The maximum atomic E-state index is 12.1. The van der Waals surface area contributed by atoms with Crippen LogP contribution in [0.4, 0.5) is 8.78 Å². The zero-order valence-electron chi connectivity index (χ0n) is 5.61. The average molecular weight is 199 g/mol. The fourth-order valence-corrected chi connectivity index (χ4v) is 1.35. The fourth-order valence-electron chi connectivity index (χ4n) is 0.581. The van der Waals surface area contributed by atoms with Crippen molar-refractivity contribution in [2.45, 2.75) is 16.7 Å². The molecule has 5 heteroatoms. The van der Waals surface area contributed by atoms with Gasteiger partial charge in [0, 0.05) is 11.8 Å². The molecule has 0 saturated heterocycles. The Balaban J connectivity index is 2.65. The normalized spacial score (nSPS) is 12.0. The summed E-state index contributed by atoms with van der Waals surface area (Å²) in [5.74, 6) is 0.591. The smallest absolute Gasteiger partial charge is 0.378 e. The van der Waals surface area contributed by atoms with E-state index in [9.17, 15) is 8.78 Å². The van der Waals surface area contributed by atoms with Crippen molar-refractivity contribution in [1.29, 1.82) is 0 Å². The van der Waals surface area contributed by atoms with E-state index in [-0.39, 0.29) is 16.9 Å². The van der Waals surface area contributed by atoms with Crippen LogP contribution in [0.5, 0.6) is 0 Å². The Labute approximate surface area is 71.7 Å². The first kappa shape index (κ1) is 8.87. The number of hydrogen-bond acceptors (Lipinski definition) is 2. The first-order valence-electron chi connectivity index (χ1n) is 2.79. The molecule has 62 valence electrons. The standard InChI is InChI=1S/C6H5ClF2OS/c1-4-2-3-5(10-4)11-6(7,8)9/h2-3H,1H3. The van der Waals surface area contributed by atoms with Gasteiger partial charge in [0.2, 0.25) is 0 Å². The lowest BCUT2D eigenvalue weighted by molar-refractivity contribution is 0.201. The zero-order valence-corrected chi connectivity index (χ0v) is 7.18. The van der Waals surface area contributed by atoms with E-state index >= 15 is 0 Å². The lowest BCUT2D eigenvalue weighted by Gasteiger charge is -2.02. The van der Waals surface area contributed by atoms with Gasteiger partial charge in [0.1, 0.15) is 5.76 Å². The number of halogens is 3. The van der Waals surface area contributed by atoms with Crippen molar-refractivity contribution >= 4 is 23.4 Å². The first-order chi connectivity index (χ1) is 4.97. The molecule has 0 aromatic carbocycles. The number of furan rings is 1. The van der Waals surface area contributed by atoms with E-state index < -0.39 is 4.71 Å². The van der Waals surface area contributed by atoms with Crippen molar-refractivity contribution in [3.05, 3.63) is 17.9 Å². The fraction of sp³-hybridized carbons (Fsp3) is 0.333. The molecule has 0 amide bonds. The van der Waals surface area contributed by atoms with Gasteiger partial charge >= 0.3 is 4.71 Å². The molecule has 0 bridgehead atoms. The van der Waals surface area contributed by atoms with Crippen LogP contribution in [0.25, 0.3) is 0 Å². The van der Waals surface area contributed by atoms with Crippen LogP contribution in [0, 0.1) is 6.92 Å². The molecule has 1 aromatic rings. The van der Waals surface area contributed by atoms with E-state index in [1.165, 1.54) is 6.07 Å². The molecule has 1 aromatic heterocycles. The Bertz CT molecular complexity index is 243. The maximum absolute atomic E-state index is 12.1. The van der Waals surface area contributed by atoms with E-state index in [4.69, 9.17) is 4.42 Å². The summed E-state index contributed by atoms with van der Waals surface area (Å²) in [5.41, 5.74) is 0. The molecule has 0 fully saturated rings. The minimum absolute atomic E-state index is 0.127. The van der Waals surface area contributed by atoms with Crippen LogP contribution in [-0.4, -0.2) is 4.71 Å². The van der Waals surface area contributed by atoms with Crippen LogP contribution in [0.3, 0.4) is 0 Å². The molecule has 0 unspecified atom stereocenters. The third-order valence-corrected chi connectivity index (χ3v) is 1.82. The summed E-state index contributed by atoms with van der Waals surface area (Å²) in [5, 5.41) is 0.127. The van der Waals surface area contributed by atoms with Gasteiger partial charge in [-0.05, 0) is 30.7 Å². The summed E-state index contributed by atoms with van der Waals surface area (Å²) in [6.45, 7) is 1.68. The Morgan fingerprint density at radius 1 is 1.55 bits per heavy atom. The number of thioether (sulfide) groups is 1. The van der Waals surface area contributed by atoms with Gasteiger partial charge in [-0.15, -0.1) is 0 Å². The number of aryl methyl sites for hydroxylation is 1. The molecular formula is C6H5ClF2OS. The van der Waals surface area contributed by atoms with Crippen LogP contribution in [0.1, 0.15) is 5.76 Å². The minimum atomic E-state index is -3.29. The van der Waals surface area contributed by atoms with Crippen LogP contribution in [0.2, 0.25) is 0 Å². The summed E-state index contributed by atoms with van der Waals surface area (Å²) in [7, 11) is 0. The molecule has 0 radical (unpaired) electrons. The van der Waals surface area contributed by atoms with E-state index in [2.05, 4.69) is 11.6 Å². The van der Waals surface area contributed by atoms with Crippen LogP contribution >= 0.6 is 23.4 Å². The van der Waals surface area contributed by atoms with Gasteiger partial charge in [-0.25, -0.2) is 0 Å². The molecule has 0 aliphatic rings. The third kappa shape index (κ3) is 3.12. The van der Waals surface area contributed by atoms with Crippen molar-refractivity contribution in [3.8, 4) is 0 Å². The largest absolute Gasteiger partial charge is 0.455 e. The van der Waals surface area contributed by atoms with E-state index in [1.807, 2.05) is 0 Å². The molecule has 0 saturated carbocycles. The average Bonchev–Trinajstić information content (AvgIpc) is 2.10. The second-order valence-electron chi connectivity index (χ2n) is 1.91. The highest BCUT2D eigenvalue weighted by Gasteiger charge is 2.28. The van der Waals surface area contributed by atoms with Gasteiger partial charge in [0.25, 0.3) is 0 Å². The molecular weight excluding hydrogens is 194 g/mol. The summed E-state index contributed by atoms with van der Waals surface area (Å²) in [4.78, 5) is 0. The highest BCUT2D eigenvalue weighted by Crippen LogP contribution is 2.39. The minimum Gasteiger partial charge on any atom is -0.455 e. The monoisotopic (exact) mass is 198 g/mol. The van der Waals surface area contributed by atoms with Gasteiger partial charge in [0.05, 0.1) is 0 Å². The van der Waals surface area contributed by atoms with Gasteiger partial charge in [-0.1, -0.05) is 0 Å². The predicted octanol–water partition coefficient (Wildman–Crippen LogP) is 3.47. The van der Waals surface area contributed by atoms with Gasteiger partial charge in [0.15, 0.2) is 5.09 Å². The van der Waals surface area contributed by atoms with Crippen molar-refractivity contribution in [1.82, 2.24) is 0 Å². The van der Waals surface area contributed by atoms with Crippen molar-refractivity contribution < 1.29 is 13.2 Å². The Kier molecular flexibility index (Phi) is 2.44. The summed E-state index contributed by atoms with van der Waals surface area (Å²) < 4.78 is 25.7. The topological polar surface area (TPSA) is 13.1 Å². The highest BCUT2D eigenvalue weighted by molar-refractivity contribution is 8.01. The second kappa shape index (κ2) is 3.03. The van der Waals surface area contributed by atoms with Crippen LogP contribution in [-0.2, 0) is 0 Å². The number of hydrogen-bond donors (Lipinski definition) is 0. The van der Waals surface area contributed by atoms with E-state index in [0.29, 0.717) is 5.76 Å². The Hall–Kier alpha value is -0.220. The van der Waals surface area contributed by atoms with Gasteiger partial charge in [-0.3, -0.25) is 0 Å². The van der Waals surface area contributed by atoms with E-state index in [1.54, 1.807) is 13.0 Å². The van der Waals surface area contributed by atoms with E-state index in [0.717, 1.165) is 0 Å². The lowest BCUT2D eigenvalue weighted by Crippen LogP contribution is -1.95. The third-order valence-electron chi connectivity index (χ3n) is 0.932. The first-order valence-corrected chi connectivity index (χ1v) is 3.99. The summed E-state index contributed by atoms with van der Waals surface area (Å²) in [6.07, 6.45) is 0. The SMILES string of the molecule is Cc1ccc(SC(F)(F)Cl)o1. The van der Waals surface area contributed by atoms with Crippen molar-refractivity contribution in [2.24, 2.45) is 0 Å². The molecule has 1 heterocycles. The summed E-state index contributed by atoms with van der Waals surface area (Å²) >= 11 is 4.83. The number of rotatable bonds is 2. The predicted molar refractivity (Wildman–Crippen MR) is 40.1 cm³/mol. The van der Waals surface area contributed by atoms with Crippen LogP contribution < -0.4 is 0 Å². The Morgan fingerprint density at radius 3 is 2.55 bits per heavy atom. The number of alkyl halides is 3. The zero-order chi connectivity index (χ0) is 8.48. The quantitative estimate of drug-likeness (QED) is 0.533. The molecule has 11 heavy (non-hydrogen) atoms. The Morgan fingerprint density at radius 2 is 2.18 bits per heavy atom. The maximum Gasteiger partial charge on any atom is 0.378 e. The van der Waals surface area contributed by atoms with Crippen LogP contribution in [0.15, 0.2) is 21.6 Å². The second-order valence-corrected chi connectivity index (χ2v) is 3.73. The van der Waals surface area contributed by atoms with Gasteiger partial charge in [-0.2, -0.15) is 8.78 Å². The molecule has 1 nitrogen and oxygen atoms in total.